The second-order valence-electron chi connectivity index (χ2n) is 7.45. The maximum Gasteiger partial charge on any atom is 0.243 e. The minimum atomic E-state index is -3.52. The zero-order valence-electron chi connectivity index (χ0n) is 15.6. The molecule has 3 rings (SSSR count). The van der Waals surface area contributed by atoms with E-state index in [4.69, 9.17) is 0 Å². The van der Waals surface area contributed by atoms with Gasteiger partial charge in [0.15, 0.2) is 0 Å². The maximum atomic E-state index is 13.2. The van der Waals surface area contributed by atoms with Gasteiger partial charge in [-0.05, 0) is 69.2 Å². The fourth-order valence-electron chi connectivity index (χ4n) is 3.83. The average Bonchev–Trinajstić information content (AvgIpc) is 2.51. The zero-order chi connectivity index (χ0) is 18.4. The number of hydrogen-bond donors (Lipinski definition) is 0. The molecule has 6 heteroatoms. The van der Waals surface area contributed by atoms with Gasteiger partial charge in [0.05, 0.1) is 4.90 Å². The summed E-state index contributed by atoms with van der Waals surface area (Å²) in [5.74, 6) is 0.190. The molecule has 0 atom stereocenters. The molecule has 0 radical (unpaired) electrons. The molecular formula is C19H28N2O3S. The van der Waals surface area contributed by atoms with E-state index in [2.05, 4.69) is 0 Å². The third-order valence-electron chi connectivity index (χ3n) is 5.87. The van der Waals surface area contributed by atoms with Crippen molar-refractivity contribution in [2.24, 2.45) is 5.92 Å². The molecule has 1 aromatic carbocycles. The van der Waals surface area contributed by atoms with Crippen LogP contribution >= 0.6 is 0 Å². The standard InChI is InChI=1S/C19H28N2O3S/c1-13-12-14(2)16(4)18(15(13)3)25(23,24)21-10-6-17(7-11-21)19(22)20-8-5-9-20/h12,17H,5-11H2,1-4H3. The molecule has 2 aliphatic rings. The van der Waals surface area contributed by atoms with Crippen LogP contribution in [0.2, 0.25) is 0 Å². The number of benzene rings is 1. The number of hydrogen-bond acceptors (Lipinski definition) is 3. The second-order valence-corrected chi connectivity index (χ2v) is 9.32. The van der Waals surface area contributed by atoms with Gasteiger partial charge in [-0.2, -0.15) is 4.31 Å². The van der Waals surface area contributed by atoms with Crippen molar-refractivity contribution in [2.45, 2.75) is 51.9 Å². The first-order valence-electron chi connectivity index (χ1n) is 9.10. The van der Waals surface area contributed by atoms with E-state index in [0.29, 0.717) is 30.8 Å². The minimum Gasteiger partial charge on any atom is -0.342 e. The summed E-state index contributed by atoms with van der Waals surface area (Å²) in [5.41, 5.74) is 3.68. The van der Waals surface area contributed by atoms with Crippen LogP contribution in [-0.2, 0) is 14.8 Å². The number of nitrogens with zero attached hydrogens (tertiary/aromatic N) is 2. The molecule has 25 heavy (non-hydrogen) atoms. The third kappa shape index (κ3) is 3.22. The van der Waals surface area contributed by atoms with E-state index in [1.165, 1.54) is 0 Å². The maximum absolute atomic E-state index is 13.2. The highest BCUT2D eigenvalue weighted by Crippen LogP contribution is 2.31. The molecule has 0 N–H and O–H groups in total. The first-order chi connectivity index (χ1) is 11.7. The quantitative estimate of drug-likeness (QED) is 0.828. The van der Waals surface area contributed by atoms with Crippen LogP contribution in [0.3, 0.4) is 0 Å². The fourth-order valence-corrected chi connectivity index (χ4v) is 5.88. The molecule has 5 nitrogen and oxygen atoms in total. The Morgan fingerprint density at radius 3 is 1.92 bits per heavy atom. The highest BCUT2D eigenvalue weighted by molar-refractivity contribution is 7.89. The molecule has 1 amide bonds. The van der Waals surface area contributed by atoms with Crippen molar-refractivity contribution < 1.29 is 13.2 Å². The zero-order valence-corrected chi connectivity index (χ0v) is 16.4. The summed E-state index contributed by atoms with van der Waals surface area (Å²) < 4.78 is 28.1. The molecule has 2 heterocycles. The lowest BCUT2D eigenvalue weighted by Crippen LogP contribution is -2.48. The van der Waals surface area contributed by atoms with Crippen molar-refractivity contribution in [2.75, 3.05) is 26.2 Å². The van der Waals surface area contributed by atoms with Gasteiger partial charge >= 0.3 is 0 Å². The number of carbonyl (C=O) groups is 1. The van der Waals surface area contributed by atoms with Crippen LogP contribution < -0.4 is 0 Å². The Bertz CT molecular complexity index is 763. The van der Waals surface area contributed by atoms with Crippen LogP contribution in [0, 0.1) is 33.6 Å². The van der Waals surface area contributed by atoms with E-state index in [9.17, 15) is 13.2 Å². The summed E-state index contributed by atoms with van der Waals surface area (Å²) in [5, 5.41) is 0. The molecular weight excluding hydrogens is 336 g/mol. The number of aryl methyl sites for hydroxylation is 2. The third-order valence-corrected chi connectivity index (χ3v) is 8.04. The van der Waals surface area contributed by atoms with E-state index in [-0.39, 0.29) is 11.8 Å². The normalized spacial score (nSPS) is 19.8. The minimum absolute atomic E-state index is 0.0202. The summed E-state index contributed by atoms with van der Waals surface area (Å²) in [6.07, 6.45) is 2.33. The summed E-state index contributed by atoms with van der Waals surface area (Å²) in [7, 11) is -3.52. The van der Waals surface area contributed by atoms with Crippen LogP contribution in [0.5, 0.6) is 0 Å². The number of rotatable bonds is 3. The van der Waals surface area contributed by atoms with Crippen LogP contribution in [0.25, 0.3) is 0 Å². The van der Waals surface area contributed by atoms with Gasteiger partial charge in [0.2, 0.25) is 15.9 Å². The van der Waals surface area contributed by atoms with Gasteiger partial charge < -0.3 is 4.90 Å². The SMILES string of the molecule is Cc1cc(C)c(C)c(S(=O)(=O)N2CCC(C(=O)N3CCC3)CC2)c1C. The van der Waals surface area contributed by atoms with E-state index in [0.717, 1.165) is 41.8 Å². The van der Waals surface area contributed by atoms with Gasteiger partial charge in [-0.15, -0.1) is 0 Å². The number of likely N-dealkylation sites (tertiary alicyclic amines) is 1. The molecule has 0 bridgehead atoms. The Balaban J connectivity index is 1.80. The Hall–Kier alpha value is -1.40. The molecule has 2 fully saturated rings. The second kappa shape index (κ2) is 6.72. The highest BCUT2D eigenvalue weighted by atomic mass is 32.2. The van der Waals surface area contributed by atoms with Crippen molar-refractivity contribution in [1.82, 2.24) is 9.21 Å². The first-order valence-corrected chi connectivity index (χ1v) is 10.5. The monoisotopic (exact) mass is 364 g/mol. The van der Waals surface area contributed by atoms with Gasteiger partial charge in [-0.1, -0.05) is 6.07 Å². The smallest absolute Gasteiger partial charge is 0.243 e. The highest BCUT2D eigenvalue weighted by Gasteiger charge is 2.36. The molecule has 0 saturated carbocycles. The van der Waals surface area contributed by atoms with Gasteiger partial charge in [0, 0.05) is 32.1 Å². The van der Waals surface area contributed by atoms with Crippen molar-refractivity contribution in [3.63, 3.8) is 0 Å². The lowest BCUT2D eigenvalue weighted by molar-refractivity contribution is -0.140. The largest absolute Gasteiger partial charge is 0.342 e. The van der Waals surface area contributed by atoms with Crippen LogP contribution in [-0.4, -0.2) is 49.7 Å². The Labute approximate surface area is 151 Å². The molecule has 138 valence electrons. The number of carbonyl (C=O) groups excluding carboxylic acids is 1. The van der Waals surface area contributed by atoms with Gasteiger partial charge in [-0.25, -0.2) is 8.42 Å². The fraction of sp³-hybridized carbons (Fsp3) is 0.632. The van der Waals surface area contributed by atoms with Crippen molar-refractivity contribution >= 4 is 15.9 Å². The van der Waals surface area contributed by atoms with Crippen molar-refractivity contribution in [3.8, 4) is 0 Å². The molecule has 0 aromatic heterocycles. The van der Waals surface area contributed by atoms with Crippen LogP contribution in [0.4, 0.5) is 0 Å². The average molecular weight is 365 g/mol. The van der Waals surface area contributed by atoms with Crippen LogP contribution in [0.15, 0.2) is 11.0 Å². The van der Waals surface area contributed by atoms with Gasteiger partial charge in [0.25, 0.3) is 0 Å². The van der Waals surface area contributed by atoms with E-state index < -0.39 is 10.0 Å². The predicted octanol–water partition coefficient (Wildman–Crippen LogP) is 2.55. The molecule has 1 aromatic rings. The Morgan fingerprint density at radius 2 is 1.48 bits per heavy atom. The van der Waals surface area contributed by atoms with E-state index >= 15 is 0 Å². The lowest BCUT2D eigenvalue weighted by atomic mass is 9.95. The lowest BCUT2D eigenvalue weighted by Gasteiger charge is -2.37. The molecule has 2 aliphatic heterocycles. The van der Waals surface area contributed by atoms with Crippen molar-refractivity contribution in [3.05, 3.63) is 28.3 Å². The molecule has 2 saturated heterocycles. The molecule has 0 spiro atoms. The summed E-state index contributed by atoms with van der Waals surface area (Å²) in [6, 6.07) is 2.04. The number of amides is 1. The first kappa shape index (κ1) is 18.4. The summed E-state index contributed by atoms with van der Waals surface area (Å²) in [6.45, 7) is 10.3. The Kier molecular flexibility index (Phi) is 4.95. The Morgan fingerprint density at radius 1 is 0.960 bits per heavy atom. The topological polar surface area (TPSA) is 57.7 Å². The van der Waals surface area contributed by atoms with Crippen molar-refractivity contribution in [1.29, 1.82) is 0 Å². The van der Waals surface area contributed by atoms with Gasteiger partial charge in [0.1, 0.15) is 0 Å². The summed E-state index contributed by atoms with van der Waals surface area (Å²) in [4.78, 5) is 14.7. The van der Waals surface area contributed by atoms with Crippen LogP contribution in [0.1, 0.15) is 41.5 Å². The van der Waals surface area contributed by atoms with E-state index in [1.54, 1.807) is 4.31 Å². The number of piperidine rings is 1. The molecule has 0 aliphatic carbocycles. The number of sulfonamides is 1. The predicted molar refractivity (Wildman–Crippen MR) is 98.1 cm³/mol. The summed E-state index contributed by atoms with van der Waals surface area (Å²) >= 11 is 0. The molecule has 0 unspecified atom stereocenters. The van der Waals surface area contributed by atoms with Gasteiger partial charge in [-0.3, -0.25) is 4.79 Å². The van der Waals surface area contributed by atoms with E-state index in [1.807, 2.05) is 38.7 Å².